The first-order chi connectivity index (χ1) is 8.18. The first-order valence-corrected chi connectivity index (χ1v) is 5.45. The van der Waals surface area contributed by atoms with Gasteiger partial charge in [0.25, 0.3) is 0 Å². The lowest BCUT2D eigenvalue weighted by Gasteiger charge is -2.12. The van der Waals surface area contributed by atoms with Gasteiger partial charge in [-0.2, -0.15) is 0 Å². The molecule has 90 valence electrons. The number of hydrogen-bond acceptors (Lipinski definition) is 2. The number of rotatable bonds is 3. The Morgan fingerprint density at radius 3 is 2.88 bits per heavy atom. The fourth-order valence-corrected chi connectivity index (χ4v) is 1.74. The van der Waals surface area contributed by atoms with E-state index >= 15 is 0 Å². The van der Waals surface area contributed by atoms with Gasteiger partial charge in [0.2, 0.25) is 0 Å². The van der Waals surface area contributed by atoms with E-state index in [2.05, 4.69) is 0 Å². The van der Waals surface area contributed by atoms with Gasteiger partial charge in [0.1, 0.15) is 0 Å². The van der Waals surface area contributed by atoms with Crippen LogP contribution in [0.5, 0.6) is 0 Å². The highest BCUT2D eigenvalue weighted by molar-refractivity contribution is 5.96. The van der Waals surface area contributed by atoms with Gasteiger partial charge in [0.15, 0.2) is 17.4 Å². The van der Waals surface area contributed by atoms with Crippen molar-refractivity contribution in [1.29, 1.82) is 0 Å². The Morgan fingerprint density at radius 1 is 1.35 bits per heavy atom. The van der Waals surface area contributed by atoms with Crippen molar-refractivity contribution in [3.8, 4) is 0 Å². The van der Waals surface area contributed by atoms with Gasteiger partial charge in [-0.25, -0.2) is 8.78 Å². The molecular weight excluding hydrogens is 226 g/mol. The summed E-state index contributed by atoms with van der Waals surface area (Å²) in [6.07, 6.45) is 2.71. The van der Waals surface area contributed by atoms with Crippen molar-refractivity contribution in [3.63, 3.8) is 0 Å². The molecule has 0 amide bonds. The van der Waals surface area contributed by atoms with Crippen LogP contribution in [-0.2, 0) is 16.0 Å². The molecule has 1 aromatic carbocycles. The number of carbonyl (C=O) groups excluding carboxylic acids is 1. The molecule has 0 N–H and O–H groups in total. The molecule has 1 aliphatic rings. The number of benzene rings is 1. The quantitative estimate of drug-likeness (QED) is 0.809. The highest BCUT2D eigenvalue weighted by Crippen LogP contribution is 2.17. The van der Waals surface area contributed by atoms with Crippen LogP contribution in [0.1, 0.15) is 18.4 Å². The van der Waals surface area contributed by atoms with Gasteiger partial charge in [-0.05, 0) is 24.5 Å². The Morgan fingerprint density at radius 2 is 2.18 bits per heavy atom. The molecule has 1 aromatic rings. The molecular formula is C13H12F2O2. The number of hydrogen-bond donors (Lipinski definition) is 0. The van der Waals surface area contributed by atoms with Gasteiger partial charge >= 0.3 is 0 Å². The zero-order valence-corrected chi connectivity index (χ0v) is 9.21. The second-order valence-electron chi connectivity index (χ2n) is 3.93. The molecule has 0 spiro atoms. The number of Topliss-reactive ketones (excluding diaryl/α,β-unsaturated/α-hetero) is 1. The molecule has 0 unspecified atom stereocenters. The lowest BCUT2D eigenvalue weighted by Crippen LogP contribution is -2.12. The van der Waals surface area contributed by atoms with Crippen LogP contribution in [0.3, 0.4) is 0 Å². The summed E-state index contributed by atoms with van der Waals surface area (Å²) in [6.45, 7) is 0.602. The smallest absolute Gasteiger partial charge is 0.166 e. The summed E-state index contributed by atoms with van der Waals surface area (Å²) in [5.41, 5.74) is 0.626. The molecule has 0 atom stereocenters. The molecule has 0 aliphatic carbocycles. The van der Waals surface area contributed by atoms with Crippen LogP contribution in [0.15, 0.2) is 30.0 Å². The number of ether oxygens (including phenoxy) is 1. The van der Waals surface area contributed by atoms with Crippen molar-refractivity contribution in [3.05, 3.63) is 47.2 Å². The van der Waals surface area contributed by atoms with Crippen LogP contribution < -0.4 is 0 Å². The van der Waals surface area contributed by atoms with E-state index in [4.69, 9.17) is 4.74 Å². The van der Waals surface area contributed by atoms with Crippen molar-refractivity contribution in [2.24, 2.45) is 0 Å². The molecule has 1 heterocycles. The van der Waals surface area contributed by atoms with Crippen molar-refractivity contribution in [2.45, 2.75) is 19.3 Å². The highest BCUT2D eigenvalue weighted by Gasteiger charge is 2.16. The summed E-state index contributed by atoms with van der Waals surface area (Å²) in [7, 11) is 0. The summed E-state index contributed by atoms with van der Waals surface area (Å²) >= 11 is 0. The average Bonchev–Trinajstić information content (AvgIpc) is 2.36. The normalized spacial score (nSPS) is 15.1. The minimum absolute atomic E-state index is 0.0847. The fourth-order valence-electron chi connectivity index (χ4n) is 1.74. The van der Waals surface area contributed by atoms with E-state index in [1.165, 1.54) is 18.4 Å². The number of ketones is 1. The summed E-state index contributed by atoms with van der Waals surface area (Å²) in [5, 5.41) is 0. The van der Waals surface area contributed by atoms with E-state index in [-0.39, 0.29) is 17.8 Å². The van der Waals surface area contributed by atoms with Crippen LogP contribution in [0.2, 0.25) is 0 Å². The van der Waals surface area contributed by atoms with Gasteiger partial charge in [-0.3, -0.25) is 4.79 Å². The predicted octanol–water partition coefficient (Wildman–Crippen LogP) is 2.77. The molecule has 0 aromatic heterocycles. The van der Waals surface area contributed by atoms with E-state index in [1.54, 1.807) is 0 Å². The van der Waals surface area contributed by atoms with Crippen molar-refractivity contribution in [2.75, 3.05) is 6.61 Å². The molecule has 0 radical (unpaired) electrons. The van der Waals surface area contributed by atoms with Crippen LogP contribution in [0, 0.1) is 11.6 Å². The largest absolute Gasteiger partial charge is 0.501 e. The monoisotopic (exact) mass is 238 g/mol. The third-order valence-electron chi connectivity index (χ3n) is 2.67. The van der Waals surface area contributed by atoms with Gasteiger partial charge < -0.3 is 4.74 Å². The van der Waals surface area contributed by atoms with Crippen molar-refractivity contribution >= 4 is 5.78 Å². The topological polar surface area (TPSA) is 26.3 Å². The highest BCUT2D eigenvalue weighted by atomic mass is 19.2. The van der Waals surface area contributed by atoms with Gasteiger partial charge in [-0.15, -0.1) is 0 Å². The Balaban J connectivity index is 2.13. The van der Waals surface area contributed by atoms with Crippen molar-refractivity contribution in [1.82, 2.24) is 0 Å². The first-order valence-electron chi connectivity index (χ1n) is 5.45. The number of halogens is 2. The van der Waals surface area contributed by atoms with Crippen LogP contribution in [0.25, 0.3) is 0 Å². The van der Waals surface area contributed by atoms with Crippen LogP contribution in [-0.4, -0.2) is 12.4 Å². The third-order valence-corrected chi connectivity index (χ3v) is 2.67. The van der Waals surface area contributed by atoms with E-state index in [9.17, 15) is 13.6 Å². The molecule has 0 saturated carbocycles. The van der Waals surface area contributed by atoms with E-state index < -0.39 is 11.6 Å². The SMILES string of the molecule is O=C(Cc1cccc(F)c1F)C1=COCCC1. The molecule has 17 heavy (non-hydrogen) atoms. The standard InChI is InChI=1S/C13H12F2O2/c14-11-5-1-3-9(13(11)15)7-12(16)10-4-2-6-17-8-10/h1,3,5,8H,2,4,6-7H2. The Kier molecular flexibility index (Phi) is 3.52. The van der Waals surface area contributed by atoms with Crippen molar-refractivity contribution < 1.29 is 18.3 Å². The molecule has 0 saturated heterocycles. The zero-order chi connectivity index (χ0) is 12.3. The van der Waals surface area contributed by atoms with Crippen LogP contribution in [0.4, 0.5) is 8.78 Å². The number of carbonyl (C=O) groups is 1. The van der Waals surface area contributed by atoms with E-state index in [1.807, 2.05) is 0 Å². The van der Waals surface area contributed by atoms with E-state index in [0.717, 1.165) is 12.5 Å². The van der Waals surface area contributed by atoms with Gasteiger partial charge in [0, 0.05) is 12.0 Å². The maximum atomic E-state index is 13.4. The first kappa shape index (κ1) is 11.8. The maximum Gasteiger partial charge on any atom is 0.166 e. The minimum Gasteiger partial charge on any atom is -0.501 e. The Hall–Kier alpha value is -1.71. The summed E-state index contributed by atoms with van der Waals surface area (Å²) < 4.78 is 31.3. The van der Waals surface area contributed by atoms with Gasteiger partial charge in [0.05, 0.1) is 12.9 Å². The molecule has 2 rings (SSSR count). The molecule has 4 heteroatoms. The fraction of sp³-hybridized carbons (Fsp3) is 0.308. The number of allylic oxidation sites excluding steroid dienone is 1. The average molecular weight is 238 g/mol. The molecule has 1 aliphatic heterocycles. The Labute approximate surface area is 97.9 Å². The molecule has 0 bridgehead atoms. The minimum atomic E-state index is -0.946. The Bertz CT molecular complexity index is 466. The maximum absolute atomic E-state index is 13.4. The van der Waals surface area contributed by atoms with Crippen LogP contribution >= 0.6 is 0 Å². The summed E-state index contributed by atoms with van der Waals surface area (Å²) in [5.74, 6) is -2.09. The summed E-state index contributed by atoms with van der Waals surface area (Å²) in [6, 6.07) is 3.85. The third kappa shape index (κ3) is 2.70. The zero-order valence-electron chi connectivity index (χ0n) is 9.21. The van der Waals surface area contributed by atoms with Gasteiger partial charge in [-0.1, -0.05) is 12.1 Å². The second-order valence-corrected chi connectivity index (χ2v) is 3.93. The molecule has 0 fully saturated rings. The molecule has 2 nitrogen and oxygen atoms in total. The van der Waals surface area contributed by atoms with E-state index in [0.29, 0.717) is 18.6 Å². The lowest BCUT2D eigenvalue weighted by molar-refractivity contribution is -0.115. The second kappa shape index (κ2) is 5.08. The predicted molar refractivity (Wildman–Crippen MR) is 58.3 cm³/mol. The summed E-state index contributed by atoms with van der Waals surface area (Å²) in [4.78, 5) is 11.8. The lowest BCUT2D eigenvalue weighted by atomic mass is 9.99.